The molecule has 2 aromatic carbocycles. The van der Waals surface area contributed by atoms with Gasteiger partial charge in [0.25, 0.3) is 0 Å². The Bertz CT molecular complexity index is 870. The Morgan fingerprint density at radius 3 is 2.08 bits per heavy atom. The zero-order valence-electron chi connectivity index (χ0n) is 15.3. The van der Waals surface area contributed by atoms with E-state index in [1.807, 2.05) is 0 Å². The van der Waals surface area contributed by atoms with E-state index < -0.39 is 0 Å². The summed E-state index contributed by atoms with van der Waals surface area (Å²) in [5.41, 5.74) is 10.7. The van der Waals surface area contributed by atoms with E-state index in [4.69, 9.17) is 14.2 Å². The molecule has 0 bridgehead atoms. The maximum atomic E-state index is 6.06. The number of epoxide rings is 2. The van der Waals surface area contributed by atoms with Gasteiger partial charge in [-0.15, -0.1) is 0 Å². The maximum absolute atomic E-state index is 6.06. The van der Waals surface area contributed by atoms with E-state index in [0.29, 0.717) is 13.2 Å². The molecule has 0 saturated carbocycles. The highest BCUT2D eigenvalue weighted by Crippen LogP contribution is 2.54. The molecule has 3 nitrogen and oxygen atoms in total. The highest BCUT2D eigenvalue weighted by Gasteiger charge is 2.51. The lowest BCUT2D eigenvalue weighted by atomic mass is 9.81. The molecule has 0 aromatic heterocycles. The smallest absolute Gasteiger partial charge is 0.113 e. The number of fused-ring (bicyclic) bond motifs is 5. The van der Waals surface area contributed by atoms with Crippen molar-refractivity contribution in [3.05, 3.63) is 57.6 Å². The summed E-state index contributed by atoms with van der Waals surface area (Å²) in [6.45, 7) is 10.2. The van der Waals surface area contributed by atoms with Gasteiger partial charge in [0.2, 0.25) is 0 Å². The fourth-order valence-electron chi connectivity index (χ4n) is 4.42. The Morgan fingerprint density at radius 1 is 0.760 bits per heavy atom. The van der Waals surface area contributed by atoms with Crippen molar-refractivity contribution in [2.75, 3.05) is 13.2 Å². The first-order valence-electron chi connectivity index (χ1n) is 9.16. The normalized spacial score (nSPS) is 29.6. The number of ether oxygens (including phenoxy) is 3. The van der Waals surface area contributed by atoms with Crippen LogP contribution in [0, 0.1) is 27.7 Å². The third-order valence-corrected chi connectivity index (χ3v) is 6.18. The standard InChI is InChI=1S/C22H24O3/c1-11-7-5-6-8-15(11)18-13(3)12(2)14(4)19-20(18)22-17(25-22)10-23-9-16-21(19)24-16/h5-8,16-17,21-22H,9-10H2,1-4H3. The van der Waals surface area contributed by atoms with Crippen LogP contribution >= 0.6 is 0 Å². The van der Waals surface area contributed by atoms with Crippen LogP contribution in [-0.4, -0.2) is 25.4 Å². The molecule has 0 spiro atoms. The molecule has 3 aliphatic heterocycles. The molecule has 2 saturated heterocycles. The van der Waals surface area contributed by atoms with Gasteiger partial charge in [0, 0.05) is 0 Å². The van der Waals surface area contributed by atoms with Gasteiger partial charge < -0.3 is 14.2 Å². The minimum Gasteiger partial charge on any atom is -0.376 e. The number of hydrogen-bond acceptors (Lipinski definition) is 3. The van der Waals surface area contributed by atoms with Crippen LogP contribution in [0.15, 0.2) is 24.3 Å². The summed E-state index contributed by atoms with van der Waals surface area (Å²) in [6.07, 6.45) is 0.660. The highest BCUT2D eigenvalue weighted by atomic mass is 16.6. The van der Waals surface area contributed by atoms with Gasteiger partial charge in [-0.25, -0.2) is 0 Å². The summed E-state index contributed by atoms with van der Waals surface area (Å²) in [7, 11) is 0. The summed E-state index contributed by atoms with van der Waals surface area (Å²) in [5, 5.41) is 0. The molecule has 4 atom stereocenters. The van der Waals surface area contributed by atoms with Gasteiger partial charge in [-0.2, -0.15) is 0 Å². The van der Waals surface area contributed by atoms with Crippen molar-refractivity contribution < 1.29 is 14.2 Å². The van der Waals surface area contributed by atoms with E-state index in [9.17, 15) is 0 Å². The fraction of sp³-hybridized carbons (Fsp3) is 0.455. The lowest BCUT2D eigenvalue weighted by molar-refractivity contribution is 0.102. The van der Waals surface area contributed by atoms with E-state index >= 15 is 0 Å². The van der Waals surface area contributed by atoms with Crippen molar-refractivity contribution in [3.8, 4) is 11.1 Å². The van der Waals surface area contributed by atoms with E-state index in [0.717, 1.165) is 0 Å². The minimum atomic E-state index is 0.130. The van der Waals surface area contributed by atoms with Crippen LogP contribution in [0.3, 0.4) is 0 Å². The van der Waals surface area contributed by atoms with Gasteiger partial charge in [-0.05, 0) is 72.2 Å². The van der Waals surface area contributed by atoms with Crippen LogP contribution in [0.1, 0.15) is 45.6 Å². The summed E-state index contributed by atoms with van der Waals surface area (Å²) in [6, 6.07) is 8.66. The van der Waals surface area contributed by atoms with Crippen LogP contribution in [-0.2, 0) is 14.2 Å². The summed E-state index contributed by atoms with van der Waals surface area (Å²) in [5.74, 6) is 0. The second-order valence-corrected chi connectivity index (χ2v) is 7.62. The molecule has 0 radical (unpaired) electrons. The van der Waals surface area contributed by atoms with Crippen molar-refractivity contribution in [3.63, 3.8) is 0 Å². The van der Waals surface area contributed by atoms with Gasteiger partial charge in [0.1, 0.15) is 24.4 Å². The highest BCUT2D eigenvalue weighted by molar-refractivity contribution is 5.78. The average molecular weight is 336 g/mol. The predicted octanol–water partition coefficient (Wildman–Crippen LogP) is 4.50. The molecule has 0 amide bonds. The first-order chi connectivity index (χ1) is 12.1. The van der Waals surface area contributed by atoms with E-state index in [1.165, 1.54) is 44.5 Å². The Morgan fingerprint density at radius 2 is 1.40 bits per heavy atom. The van der Waals surface area contributed by atoms with Crippen LogP contribution in [0.4, 0.5) is 0 Å². The quantitative estimate of drug-likeness (QED) is 0.719. The lowest BCUT2D eigenvalue weighted by Crippen LogP contribution is -2.07. The molecule has 5 rings (SSSR count). The number of aryl methyl sites for hydroxylation is 1. The van der Waals surface area contributed by atoms with Crippen molar-refractivity contribution in [2.24, 2.45) is 0 Å². The molecule has 0 aliphatic carbocycles. The molecular weight excluding hydrogens is 312 g/mol. The molecule has 2 fully saturated rings. The molecule has 3 aliphatic rings. The van der Waals surface area contributed by atoms with E-state index in [-0.39, 0.29) is 24.4 Å². The molecule has 4 unspecified atom stereocenters. The summed E-state index contributed by atoms with van der Waals surface area (Å²) in [4.78, 5) is 0. The molecule has 2 aromatic rings. The van der Waals surface area contributed by atoms with Gasteiger partial charge in [-0.1, -0.05) is 24.3 Å². The summed E-state index contributed by atoms with van der Waals surface area (Å²) < 4.78 is 17.9. The van der Waals surface area contributed by atoms with Gasteiger partial charge in [0.05, 0.1) is 13.2 Å². The largest absolute Gasteiger partial charge is 0.376 e. The van der Waals surface area contributed by atoms with Crippen molar-refractivity contribution in [2.45, 2.75) is 52.1 Å². The second-order valence-electron chi connectivity index (χ2n) is 7.62. The van der Waals surface area contributed by atoms with Gasteiger partial charge in [-0.3, -0.25) is 0 Å². The molecule has 130 valence electrons. The molecule has 0 N–H and O–H groups in total. The molecule has 3 heterocycles. The third-order valence-electron chi connectivity index (χ3n) is 6.18. The van der Waals surface area contributed by atoms with Crippen molar-refractivity contribution >= 4 is 0 Å². The SMILES string of the molecule is Cc1ccccc1-c1c(C)c(C)c(C)c2c1C1OC1COCC1OC21. The van der Waals surface area contributed by atoms with Gasteiger partial charge >= 0.3 is 0 Å². The second kappa shape index (κ2) is 5.41. The molecular formula is C22H24O3. The monoisotopic (exact) mass is 336 g/mol. The molecule has 25 heavy (non-hydrogen) atoms. The van der Waals surface area contributed by atoms with Crippen molar-refractivity contribution in [1.29, 1.82) is 0 Å². The predicted molar refractivity (Wildman–Crippen MR) is 96.9 cm³/mol. The first kappa shape index (κ1) is 15.6. The minimum absolute atomic E-state index is 0.130. The number of hydrogen-bond donors (Lipinski definition) is 0. The van der Waals surface area contributed by atoms with Crippen LogP contribution in [0.2, 0.25) is 0 Å². The van der Waals surface area contributed by atoms with Crippen LogP contribution in [0.25, 0.3) is 11.1 Å². The Kier molecular flexibility index (Phi) is 3.37. The number of benzene rings is 2. The van der Waals surface area contributed by atoms with Crippen LogP contribution in [0.5, 0.6) is 0 Å². The zero-order chi connectivity index (χ0) is 17.3. The van der Waals surface area contributed by atoms with Crippen molar-refractivity contribution in [1.82, 2.24) is 0 Å². The zero-order valence-corrected chi connectivity index (χ0v) is 15.3. The van der Waals surface area contributed by atoms with E-state index in [1.54, 1.807) is 0 Å². The average Bonchev–Trinajstić information content (AvgIpc) is 3.51. The fourth-order valence-corrected chi connectivity index (χ4v) is 4.42. The Labute approximate surface area is 148 Å². The van der Waals surface area contributed by atoms with Gasteiger partial charge in [0.15, 0.2) is 0 Å². The van der Waals surface area contributed by atoms with E-state index in [2.05, 4.69) is 52.0 Å². The van der Waals surface area contributed by atoms with Crippen LogP contribution < -0.4 is 0 Å². The number of rotatable bonds is 1. The first-order valence-corrected chi connectivity index (χ1v) is 9.16. The third kappa shape index (κ3) is 2.30. The maximum Gasteiger partial charge on any atom is 0.113 e. The Hall–Kier alpha value is -1.68. The molecule has 3 heteroatoms. The lowest BCUT2D eigenvalue weighted by Gasteiger charge is -2.22. The summed E-state index contributed by atoms with van der Waals surface area (Å²) >= 11 is 0. The topological polar surface area (TPSA) is 34.3 Å². The Balaban J connectivity index is 1.82.